The lowest BCUT2D eigenvalue weighted by molar-refractivity contribution is 0.282. The van der Waals surface area contributed by atoms with Crippen LogP contribution in [0.5, 0.6) is 0 Å². The molecule has 1 aliphatic rings. The number of aliphatic hydroxyl groups is 1. The van der Waals surface area contributed by atoms with Gasteiger partial charge in [0.15, 0.2) is 0 Å². The highest BCUT2D eigenvalue weighted by molar-refractivity contribution is 5.49. The predicted molar refractivity (Wildman–Crippen MR) is 76.9 cm³/mol. The summed E-state index contributed by atoms with van der Waals surface area (Å²) in [5.74, 6) is 0.480. The quantitative estimate of drug-likeness (QED) is 0.844. The molecule has 1 aliphatic carbocycles. The monoisotopic (exact) mass is 238 g/mol. The first-order chi connectivity index (χ1) is 8.88. The number of rotatable bonds is 4. The summed E-state index contributed by atoms with van der Waals surface area (Å²) in [6, 6.07) is 7.97. The second kappa shape index (κ2) is 6.77. The maximum absolute atomic E-state index is 8.96. The molecule has 0 unspecified atom stereocenters. The van der Waals surface area contributed by atoms with Gasteiger partial charge in [-0.25, -0.2) is 0 Å². The third kappa shape index (κ3) is 3.86. The van der Waals surface area contributed by atoms with E-state index < -0.39 is 0 Å². The Bertz CT molecular complexity index is 459. The zero-order chi connectivity index (χ0) is 12.6. The molecule has 2 rings (SSSR count). The zero-order valence-electron chi connectivity index (χ0n) is 10.4. The van der Waals surface area contributed by atoms with Crippen molar-refractivity contribution in [2.75, 3.05) is 0 Å². The van der Waals surface area contributed by atoms with Crippen molar-refractivity contribution >= 4 is 6.08 Å². The largest absolute Gasteiger partial charge is 0.392 e. The highest BCUT2D eigenvalue weighted by atomic mass is 16.3. The lowest BCUT2D eigenvalue weighted by Gasteiger charge is -2.02. The molecule has 0 atom stereocenters. The summed E-state index contributed by atoms with van der Waals surface area (Å²) in [6.45, 7) is 0.106. The number of hydrogen-bond acceptors (Lipinski definition) is 1. The molecule has 92 valence electrons. The van der Waals surface area contributed by atoms with Crippen LogP contribution in [0.2, 0.25) is 0 Å². The van der Waals surface area contributed by atoms with E-state index in [-0.39, 0.29) is 6.61 Å². The van der Waals surface area contributed by atoms with E-state index in [9.17, 15) is 0 Å². The third-order valence-electron chi connectivity index (χ3n) is 2.93. The van der Waals surface area contributed by atoms with Crippen LogP contribution in [0.25, 0.3) is 6.08 Å². The molecule has 0 aromatic heterocycles. The second-order valence-electron chi connectivity index (χ2n) is 4.36. The van der Waals surface area contributed by atoms with Crippen LogP contribution in [0.15, 0.2) is 66.8 Å². The van der Waals surface area contributed by atoms with E-state index in [4.69, 9.17) is 5.11 Å². The minimum Gasteiger partial charge on any atom is -0.392 e. The van der Waals surface area contributed by atoms with Crippen LogP contribution < -0.4 is 0 Å². The fourth-order valence-corrected chi connectivity index (χ4v) is 1.86. The van der Waals surface area contributed by atoms with Crippen molar-refractivity contribution in [3.63, 3.8) is 0 Å². The average Bonchev–Trinajstić information content (AvgIpc) is 2.68. The molecular formula is C17H18O. The molecule has 1 nitrogen and oxygen atoms in total. The van der Waals surface area contributed by atoms with Gasteiger partial charge >= 0.3 is 0 Å². The first-order valence-corrected chi connectivity index (χ1v) is 6.26. The fourth-order valence-electron chi connectivity index (χ4n) is 1.86. The summed E-state index contributed by atoms with van der Waals surface area (Å²) in [6.07, 6.45) is 18.0. The summed E-state index contributed by atoms with van der Waals surface area (Å²) in [5, 5.41) is 8.96. The van der Waals surface area contributed by atoms with Gasteiger partial charge in [0.05, 0.1) is 6.61 Å². The maximum Gasteiger partial charge on any atom is 0.0681 e. The van der Waals surface area contributed by atoms with E-state index in [2.05, 4.69) is 36.5 Å². The lowest BCUT2D eigenvalue weighted by Crippen LogP contribution is -1.87. The van der Waals surface area contributed by atoms with E-state index >= 15 is 0 Å². The Kier molecular flexibility index (Phi) is 4.74. The highest BCUT2D eigenvalue weighted by Crippen LogP contribution is 2.13. The molecule has 18 heavy (non-hydrogen) atoms. The van der Waals surface area contributed by atoms with E-state index in [1.165, 1.54) is 5.56 Å². The van der Waals surface area contributed by atoms with Gasteiger partial charge in [-0.15, -0.1) is 0 Å². The summed E-state index contributed by atoms with van der Waals surface area (Å²) < 4.78 is 0. The molecule has 0 spiro atoms. The van der Waals surface area contributed by atoms with Gasteiger partial charge in [-0.05, 0) is 23.5 Å². The van der Waals surface area contributed by atoms with Crippen LogP contribution >= 0.6 is 0 Å². The van der Waals surface area contributed by atoms with Gasteiger partial charge in [0, 0.05) is 0 Å². The molecule has 1 heteroatoms. The Morgan fingerprint density at radius 3 is 2.22 bits per heavy atom. The smallest absolute Gasteiger partial charge is 0.0681 e. The van der Waals surface area contributed by atoms with Crippen LogP contribution in [-0.2, 0) is 6.61 Å². The molecule has 0 aliphatic heterocycles. The Morgan fingerprint density at radius 2 is 1.61 bits per heavy atom. The third-order valence-corrected chi connectivity index (χ3v) is 2.93. The van der Waals surface area contributed by atoms with E-state index in [0.717, 1.165) is 12.0 Å². The van der Waals surface area contributed by atoms with Gasteiger partial charge in [-0.3, -0.25) is 0 Å². The van der Waals surface area contributed by atoms with Crippen molar-refractivity contribution in [3.05, 3.63) is 77.9 Å². The van der Waals surface area contributed by atoms with Crippen LogP contribution in [-0.4, -0.2) is 5.11 Å². The molecule has 1 N–H and O–H groups in total. The Hall–Kier alpha value is -1.86. The van der Waals surface area contributed by atoms with Gasteiger partial charge in [0.25, 0.3) is 0 Å². The molecular weight excluding hydrogens is 220 g/mol. The first kappa shape index (κ1) is 12.6. The Balaban J connectivity index is 1.90. The predicted octanol–water partition coefficient (Wildman–Crippen LogP) is 3.88. The van der Waals surface area contributed by atoms with Crippen molar-refractivity contribution in [1.82, 2.24) is 0 Å². The Morgan fingerprint density at radius 1 is 0.944 bits per heavy atom. The molecule has 0 fully saturated rings. The second-order valence-corrected chi connectivity index (χ2v) is 4.36. The van der Waals surface area contributed by atoms with Gasteiger partial charge < -0.3 is 5.11 Å². The van der Waals surface area contributed by atoms with Crippen LogP contribution in [0.4, 0.5) is 0 Å². The molecule has 0 saturated heterocycles. The minimum atomic E-state index is 0.106. The average molecular weight is 238 g/mol. The van der Waals surface area contributed by atoms with Crippen molar-refractivity contribution in [3.8, 4) is 0 Å². The van der Waals surface area contributed by atoms with Crippen molar-refractivity contribution < 1.29 is 5.11 Å². The molecule has 0 amide bonds. The van der Waals surface area contributed by atoms with Gasteiger partial charge in [-0.1, -0.05) is 72.9 Å². The van der Waals surface area contributed by atoms with Crippen molar-refractivity contribution in [2.24, 2.45) is 5.92 Å². The first-order valence-electron chi connectivity index (χ1n) is 6.26. The van der Waals surface area contributed by atoms with Gasteiger partial charge in [-0.2, -0.15) is 0 Å². The molecule has 1 aromatic carbocycles. The minimum absolute atomic E-state index is 0.106. The van der Waals surface area contributed by atoms with Crippen molar-refractivity contribution in [1.29, 1.82) is 0 Å². The fraction of sp³-hybridized carbons (Fsp3) is 0.176. The molecule has 1 aromatic rings. The number of hydrogen-bond donors (Lipinski definition) is 1. The van der Waals surface area contributed by atoms with Crippen LogP contribution in [0.1, 0.15) is 17.5 Å². The molecule has 0 heterocycles. The summed E-state index contributed by atoms with van der Waals surface area (Å²) in [7, 11) is 0. The summed E-state index contributed by atoms with van der Waals surface area (Å²) in [4.78, 5) is 0. The molecule has 0 bridgehead atoms. The number of allylic oxidation sites excluding steroid dienone is 7. The summed E-state index contributed by atoms with van der Waals surface area (Å²) >= 11 is 0. The zero-order valence-corrected chi connectivity index (χ0v) is 10.4. The van der Waals surface area contributed by atoms with Crippen LogP contribution in [0, 0.1) is 5.92 Å². The van der Waals surface area contributed by atoms with E-state index in [1.807, 2.05) is 36.4 Å². The van der Waals surface area contributed by atoms with Crippen molar-refractivity contribution in [2.45, 2.75) is 13.0 Å². The number of aliphatic hydroxyl groups excluding tert-OH is 1. The normalized spacial score (nSPS) is 15.4. The highest BCUT2D eigenvalue weighted by Gasteiger charge is 1.97. The van der Waals surface area contributed by atoms with E-state index in [0.29, 0.717) is 5.92 Å². The lowest BCUT2D eigenvalue weighted by atomic mass is 10.0. The number of benzene rings is 1. The SMILES string of the molecule is OCc1ccc(C=CCC2C=CC=CC=C2)cc1. The maximum atomic E-state index is 8.96. The van der Waals surface area contributed by atoms with E-state index in [1.54, 1.807) is 0 Å². The molecule has 0 saturated carbocycles. The standard InChI is InChI=1S/C17H18O/c18-14-17-12-10-16(11-13-17)9-5-8-15-6-3-1-2-4-7-15/h1-7,9-13,15,18H,8,14H2. The summed E-state index contributed by atoms with van der Waals surface area (Å²) in [5.41, 5.74) is 2.12. The molecule has 0 radical (unpaired) electrons. The van der Waals surface area contributed by atoms with Gasteiger partial charge in [0.2, 0.25) is 0 Å². The van der Waals surface area contributed by atoms with Crippen LogP contribution in [0.3, 0.4) is 0 Å². The Labute approximate surface area is 108 Å². The van der Waals surface area contributed by atoms with Gasteiger partial charge in [0.1, 0.15) is 0 Å². The topological polar surface area (TPSA) is 20.2 Å².